The number of hydrogen-bond donors (Lipinski definition) is 1. The van der Waals surface area contributed by atoms with Crippen molar-refractivity contribution in [3.05, 3.63) is 42.0 Å². The lowest BCUT2D eigenvalue weighted by atomic mass is 10.3. The summed E-state index contributed by atoms with van der Waals surface area (Å²) in [5.41, 5.74) is 0.899. The zero-order valence-corrected chi connectivity index (χ0v) is 7.62. The molecule has 0 bridgehead atoms. The van der Waals surface area contributed by atoms with Crippen LogP contribution in [-0.2, 0) is 0 Å². The van der Waals surface area contributed by atoms with E-state index >= 15 is 0 Å². The number of hydrogen-bond acceptors (Lipinski definition) is 2. The summed E-state index contributed by atoms with van der Waals surface area (Å²) in [6.07, 6.45) is 1.65. The van der Waals surface area contributed by atoms with Crippen molar-refractivity contribution in [2.45, 2.75) is 6.92 Å². The van der Waals surface area contributed by atoms with E-state index in [9.17, 15) is 4.39 Å². The molecule has 4 heteroatoms. The van der Waals surface area contributed by atoms with Crippen LogP contribution in [0.3, 0.4) is 0 Å². The Hall–Kier alpha value is -1.84. The standard InChI is InChI=1S/C10H9FN2O/c1-7-6-12-10(13-7)14-9-4-2-3-8(11)5-9/h2-6H,1H3,(H,12,13). The Kier molecular flexibility index (Phi) is 2.18. The zero-order valence-electron chi connectivity index (χ0n) is 7.62. The largest absolute Gasteiger partial charge is 0.426 e. The predicted octanol–water partition coefficient (Wildman–Crippen LogP) is 2.65. The van der Waals surface area contributed by atoms with Gasteiger partial charge in [0.25, 0.3) is 6.01 Å². The molecule has 0 aliphatic carbocycles. The van der Waals surface area contributed by atoms with E-state index in [1.165, 1.54) is 12.1 Å². The molecule has 1 N–H and O–H groups in total. The molecule has 0 saturated carbocycles. The summed E-state index contributed by atoms with van der Waals surface area (Å²) in [7, 11) is 0. The molecule has 1 aromatic heterocycles. The molecule has 72 valence electrons. The SMILES string of the molecule is Cc1cnc(Oc2cccc(F)c2)[nH]1. The number of imidazole rings is 1. The Morgan fingerprint density at radius 2 is 2.29 bits per heavy atom. The van der Waals surface area contributed by atoms with Gasteiger partial charge in [0.1, 0.15) is 11.6 Å². The third kappa shape index (κ3) is 1.90. The van der Waals surface area contributed by atoms with Crippen molar-refractivity contribution in [1.29, 1.82) is 0 Å². The molecule has 0 amide bonds. The molecule has 3 nitrogen and oxygen atoms in total. The predicted molar refractivity (Wildman–Crippen MR) is 49.8 cm³/mol. The van der Waals surface area contributed by atoms with Crippen LogP contribution < -0.4 is 4.74 Å². The Labute approximate surface area is 80.6 Å². The number of benzene rings is 1. The van der Waals surface area contributed by atoms with Crippen molar-refractivity contribution < 1.29 is 9.13 Å². The highest BCUT2D eigenvalue weighted by atomic mass is 19.1. The Balaban J connectivity index is 2.18. The van der Waals surface area contributed by atoms with Crippen molar-refractivity contribution in [2.24, 2.45) is 0 Å². The van der Waals surface area contributed by atoms with Crippen LogP contribution in [0.1, 0.15) is 5.69 Å². The number of aromatic nitrogens is 2. The third-order valence-electron chi connectivity index (χ3n) is 1.69. The first kappa shape index (κ1) is 8.74. The summed E-state index contributed by atoms with van der Waals surface area (Å²) in [6, 6.07) is 6.28. The van der Waals surface area contributed by atoms with Crippen LogP contribution in [0.5, 0.6) is 11.8 Å². The molecule has 0 saturated heterocycles. The lowest BCUT2D eigenvalue weighted by molar-refractivity contribution is 0.443. The average Bonchev–Trinajstić information content (AvgIpc) is 2.51. The van der Waals surface area contributed by atoms with Crippen molar-refractivity contribution in [2.75, 3.05) is 0 Å². The maximum Gasteiger partial charge on any atom is 0.299 e. The second-order valence-electron chi connectivity index (χ2n) is 2.93. The highest BCUT2D eigenvalue weighted by Crippen LogP contribution is 2.18. The molecule has 0 fully saturated rings. The number of aryl methyl sites for hydroxylation is 1. The van der Waals surface area contributed by atoms with Gasteiger partial charge < -0.3 is 9.72 Å². The number of halogens is 1. The monoisotopic (exact) mass is 192 g/mol. The third-order valence-corrected chi connectivity index (χ3v) is 1.69. The molecule has 0 radical (unpaired) electrons. The van der Waals surface area contributed by atoms with Gasteiger partial charge in [-0.3, -0.25) is 0 Å². The summed E-state index contributed by atoms with van der Waals surface area (Å²) >= 11 is 0. The van der Waals surface area contributed by atoms with Gasteiger partial charge in [0.2, 0.25) is 0 Å². The average molecular weight is 192 g/mol. The van der Waals surface area contributed by atoms with Crippen molar-refractivity contribution in [3.8, 4) is 11.8 Å². The van der Waals surface area contributed by atoms with Crippen LogP contribution in [0.2, 0.25) is 0 Å². The molecule has 0 aliphatic heterocycles. The fourth-order valence-corrected chi connectivity index (χ4v) is 1.08. The minimum absolute atomic E-state index is 0.328. The van der Waals surface area contributed by atoms with Gasteiger partial charge in [0.05, 0.1) is 6.20 Å². The first-order chi connectivity index (χ1) is 6.74. The molecule has 1 heterocycles. The maximum absolute atomic E-state index is 12.8. The minimum atomic E-state index is -0.328. The van der Waals surface area contributed by atoms with E-state index < -0.39 is 0 Å². The Morgan fingerprint density at radius 1 is 1.43 bits per heavy atom. The molecule has 0 unspecified atom stereocenters. The number of ether oxygens (including phenoxy) is 1. The van der Waals surface area contributed by atoms with Gasteiger partial charge >= 0.3 is 0 Å². The van der Waals surface area contributed by atoms with Gasteiger partial charge in [-0.25, -0.2) is 9.37 Å². The lowest BCUT2D eigenvalue weighted by Gasteiger charge is -2.00. The zero-order chi connectivity index (χ0) is 9.97. The van der Waals surface area contributed by atoms with Crippen LogP contribution in [0.15, 0.2) is 30.5 Å². The number of nitrogens with zero attached hydrogens (tertiary/aromatic N) is 1. The van der Waals surface area contributed by atoms with Crippen molar-refractivity contribution >= 4 is 0 Å². The van der Waals surface area contributed by atoms with Crippen LogP contribution in [0, 0.1) is 12.7 Å². The quantitative estimate of drug-likeness (QED) is 0.794. The molecule has 0 atom stereocenters. The number of rotatable bonds is 2. The van der Waals surface area contributed by atoms with Crippen LogP contribution >= 0.6 is 0 Å². The summed E-state index contributed by atoms with van der Waals surface area (Å²) in [5.74, 6) is 0.102. The van der Waals surface area contributed by atoms with Crippen LogP contribution in [0.25, 0.3) is 0 Å². The molecular formula is C10H9FN2O. The Bertz CT molecular complexity index is 439. The van der Waals surface area contributed by atoms with E-state index in [0.717, 1.165) is 5.69 Å². The van der Waals surface area contributed by atoms with Crippen LogP contribution in [-0.4, -0.2) is 9.97 Å². The number of aromatic amines is 1. The molecule has 0 aliphatic rings. The van der Waals surface area contributed by atoms with Gasteiger partial charge in [-0.05, 0) is 19.1 Å². The highest BCUT2D eigenvalue weighted by Gasteiger charge is 2.00. The van der Waals surface area contributed by atoms with Gasteiger partial charge in [-0.1, -0.05) is 6.07 Å². The van der Waals surface area contributed by atoms with Gasteiger partial charge in [0.15, 0.2) is 0 Å². The number of H-pyrrole nitrogens is 1. The molecule has 1 aromatic carbocycles. The fourth-order valence-electron chi connectivity index (χ4n) is 1.08. The second kappa shape index (κ2) is 3.49. The van der Waals surface area contributed by atoms with E-state index in [2.05, 4.69) is 9.97 Å². The topological polar surface area (TPSA) is 37.9 Å². The summed E-state index contributed by atoms with van der Waals surface area (Å²) < 4.78 is 18.0. The van der Waals surface area contributed by atoms with Gasteiger partial charge in [-0.15, -0.1) is 0 Å². The minimum Gasteiger partial charge on any atom is -0.426 e. The van der Waals surface area contributed by atoms with E-state index in [0.29, 0.717) is 11.8 Å². The van der Waals surface area contributed by atoms with E-state index in [1.807, 2.05) is 6.92 Å². The lowest BCUT2D eigenvalue weighted by Crippen LogP contribution is -1.86. The summed E-state index contributed by atoms with van der Waals surface area (Å²) in [6.45, 7) is 1.87. The maximum atomic E-state index is 12.8. The van der Waals surface area contributed by atoms with E-state index in [4.69, 9.17) is 4.74 Å². The second-order valence-corrected chi connectivity index (χ2v) is 2.93. The normalized spacial score (nSPS) is 10.1. The van der Waals surface area contributed by atoms with Gasteiger partial charge in [0, 0.05) is 11.8 Å². The summed E-state index contributed by atoms with van der Waals surface area (Å²) in [4.78, 5) is 6.83. The van der Waals surface area contributed by atoms with Crippen molar-refractivity contribution in [1.82, 2.24) is 9.97 Å². The molecule has 0 spiro atoms. The Morgan fingerprint density at radius 3 is 2.93 bits per heavy atom. The molecule has 14 heavy (non-hydrogen) atoms. The highest BCUT2D eigenvalue weighted by molar-refractivity contribution is 5.25. The first-order valence-electron chi connectivity index (χ1n) is 4.19. The van der Waals surface area contributed by atoms with E-state index in [-0.39, 0.29) is 5.82 Å². The smallest absolute Gasteiger partial charge is 0.299 e. The number of nitrogens with one attached hydrogen (secondary N) is 1. The summed E-state index contributed by atoms with van der Waals surface area (Å²) in [5, 5.41) is 0. The molecule has 2 aromatic rings. The first-order valence-corrected chi connectivity index (χ1v) is 4.19. The van der Waals surface area contributed by atoms with Crippen LogP contribution in [0.4, 0.5) is 4.39 Å². The van der Waals surface area contributed by atoms with Crippen molar-refractivity contribution in [3.63, 3.8) is 0 Å². The van der Waals surface area contributed by atoms with Gasteiger partial charge in [-0.2, -0.15) is 0 Å². The molecule has 2 rings (SSSR count). The van der Waals surface area contributed by atoms with E-state index in [1.54, 1.807) is 18.3 Å². The fraction of sp³-hybridized carbons (Fsp3) is 0.100. The molecular weight excluding hydrogens is 183 g/mol.